The first-order valence-corrected chi connectivity index (χ1v) is 5.57. The van der Waals surface area contributed by atoms with Crippen LogP contribution in [0.2, 0.25) is 5.02 Å². The second-order valence-corrected chi connectivity index (χ2v) is 4.84. The topological polar surface area (TPSA) is 47.3 Å². The summed E-state index contributed by atoms with van der Waals surface area (Å²) in [6.45, 7) is 3.96. The van der Waals surface area contributed by atoms with Crippen LogP contribution >= 0.6 is 11.6 Å². The average Bonchev–Trinajstić information content (AvgIpc) is 2.17. The highest BCUT2D eigenvalue weighted by Gasteiger charge is 2.25. The number of nitrogens with one attached hydrogen (secondary N) is 1. The highest BCUT2D eigenvalue weighted by atomic mass is 35.5. The monoisotopic (exact) mass is 242 g/mol. The largest absolute Gasteiger partial charge is 0.495 e. The van der Waals surface area contributed by atoms with Crippen molar-refractivity contribution in [1.29, 1.82) is 0 Å². The van der Waals surface area contributed by atoms with E-state index in [2.05, 4.69) is 5.32 Å². The Morgan fingerprint density at radius 1 is 1.44 bits per heavy atom. The maximum absolute atomic E-state index is 6.11. The molecule has 0 aromatic heterocycles. The molecular formula is C12H19ClN2O. The van der Waals surface area contributed by atoms with Crippen LogP contribution in [0, 0.1) is 0 Å². The predicted molar refractivity (Wildman–Crippen MR) is 68.1 cm³/mol. The Bertz CT molecular complexity index is 361. The van der Waals surface area contributed by atoms with Crippen molar-refractivity contribution in [2.24, 2.45) is 5.73 Å². The number of hydrogen-bond donors (Lipinski definition) is 2. The third-order valence-corrected chi connectivity index (χ3v) is 2.84. The number of hydrogen-bond acceptors (Lipinski definition) is 3. The summed E-state index contributed by atoms with van der Waals surface area (Å²) < 4.78 is 5.12. The molecule has 0 radical (unpaired) electrons. The molecule has 0 heterocycles. The van der Waals surface area contributed by atoms with Crippen molar-refractivity contribution in [2.45, 2.75) is 25.4 Å². The molecule has 1 aromatic carbocycles. The number of benzene rings is 1. The van der Waals surface area contributed by atoms with E-state index in [0.717, 1.165) is 5.56 Å². The summed E-state index contributed by atoms with van der Waals surface area (Å²) in [4.78, 5) is 0. The number of nitrogens with two attached hydrogens (primary N) is 1. The van der Waals surface area contributed by atoms with E-state index in [1.165, 1.54) is 0 Å². The molecule has 0 spiro atoms. The molecule has 0 saturated carbocycles. The molecule has 0 bridgehead atoms. The van der Waals surface area contributed by atoms with Crippen LogP contribution in [0.5, 0.6) is 5.75 Å². The minimum absolute atomic E-state index is 0.0518. The molecule has 0 aliphatic rings. The van der Waals surface area contributed by atoms with Crippen molar-refractivity contribution < 1.29 is 4.74 Å². The highest BCUT2D eigenvalue weighted by Crippen LogP contribution is 2.30. The molecule has 90 valence electrons. The van der Waals surface area contributed by atoms with Gasteiger partial charge < -0.3 is 15.8 Å². The van der Waals surface area contributed by atoms with Crippen LogP contribution in [0.25, 0.3) is 0 Å². The molecule has 1 atom stereocenters. The third kappa shape index (κ3) is 2.88. The van der Waals surface area contributed by atoms with Gasteiger partial charge in [-0.3, -0.25) is 0 Å². The fraction of sp³-hybridized carbons (Fsp3) is 0.500. The zero-order chi connectivity index (χ0) is 12.3. The first kappa shape index (κ1) is 13.3. The quantitative estimate of drug-likeness (QED) is 0.852. The summed E-state index contributed by atoms with van der Waals surface area (Å²) in [6, 6.07) is 5.76. The molecule has 0 saturated heterocycles. The zero-order valence-corrected chi connectivity index (χ0v) is 10.9. The molecule has 16 heavy (non-hydrogen) atoms. The van der Waals surface area contributed by atoms with Gasteiger partial charge in [-0.15, -0.1) is 0 Å². The first-order valence-electron chi connectivity index (χ1n) is 5.19. The van der Waals surface area contributed by atoms with E-state index in [-0.39, 0.29) is 11.6 Å². The maximum Gasteiger partial charge on any atom is 0.137 e. The van der Waals surface area contributed by atoms with Crippen LogP contribution < -0.4 is 15.8 Å². The average molecular weight is 243 g/mol. The summed E-state index contributed by atoms with van der Waals surface area (Å²) in [5.41, 5.74) is 6.81. The molecule has 1 aromatic rings. The Labute approximate surface area is 102 Å². The number of methoxy groups -OCH3 is 1. The number of rotatable bonds is 4. The lowest BCUT2D eigenvalue weighted by molar-refractivity contribution is 0.369. The van der Waals surface area contributed by atoms with Gasteiger partial charge in [0.2, 0.25) is 0 Å². The van der Waals surface area contributed by atoms with Crippen LogP contribution in [0.3, 0.4) is 0 Å². The van der Waals surface area contributed by atoms with E-state index in [1.54, 1.807) is 7.11 Å². The van der Waals surface area contributed by atoms with Gasteiger partial charge in [-0.1, -0.05) is 17.7 Å². The number of ether oxygens (including phenoxy) is 1. The Kier molecular flexibility index (Phi) is 4.19. The van der Waals surface area contributed by atoms with Gasteiger partial charge in [-0.2, -0.15) is 0 Å². The lowest BCUT2D eigenvalue weighted by Gasteiger charge is -2.30. The predicted octanol–water partition coefficient (Wildman–Crippen LogP) is 2.35. The van der Waals surface area contributed by atoms with Crippen molar-refractivity contribution in [2.75, 3.05) is 14.2 Å². The standard InChI is InChI=1S/C12H19ClN2O/c1-12(2,14)11(15-3)8-5-6-10(16-4)9(13)7-8/h5-7,11,15H,14H2,1-4H3. The molecular weight excluding hydrogens is 224 g/mol. The molecule has 4 heteroatoms. The van der Waals surface area contributed by atoms with E-state index < -0.39 is 0 Å². The molecule has 0 aliphatic carbocycles. The first-order chi connectivity index (χ1) is 7.40. The fourth-order valence-corrected chi connectivity index (χ4v) is 2.10. The molecule has 0 amide bonds. The van der Waals surface area contributed by atoms with E-state index >= 15 is 0 Å². The minimum atomic E-state index is -0.354. The Morgan fingerprint density at radius 2 is 2.06 bits per heavy atom. The van der Waals surface area contributed by atoms with Crippen LogP contribution in [-0.4, -0.2) is 19.7 Å². The van der Waals surface area contributed by atoms with Crippen LogP contribution in [0.15, 0.2) is 18.2 Å². The van der Waals surface area contributed by atoms with E-state index in [9.17, 15) is 0 Å². The molecule has 3 nitrogen and oxygen atoms in total. The summed E-state index contributed by atoms with van der Waals surface area (Å²) in [5, 5.41) is 3.80. The summed E-state index contributed by atoms with van der Waals surface area (Å²) in [5.74, 6) is 0.676. The Balaban J connectivity index is 3.08. The van der Waals surface area contributed by atoms with Crippen LogP contribution in [0.4, 0.5) is 0 Å². The SMILES string of the molecule is CNC(c1ccc(OC)c(Cl)c1)C(C)(C)N. The second kappa shape index (κ2) is 5.04. The van der Waals surface area contributed by atoms with Crippen molar-refractivity contribution in [1.82, 2.24) is 5.32 Å². The van der Waals surface area contributed by atoms with Crippen molar-refractivity contribution in [3.8, 4) is 5.75 Å². The van der Waals surface area contributed by atoms with Crippen molar-refractivity contribution >= 4 is 11.6 Å². The molecule has 0 aliphatic heterocycles. The number of likely N-dealkylation sites (N-methyl/N-ethyl adjacent to an activating group) is 1. The zero-order valence-electron chi connectivity index (χ0n) is 10.2. The lowest BCUT2D eigenvalue weighted by Crippen LogP contribution is -2.45. The van der Waals surface area contributed by atoms with Gasteiger partial charge in [-0.05, 0) is 38.6 Å². The molecule has 1 rings (SSSR count). The Morgan fingerprint density at radius 3 is 2.44 bits per heavy atom. The smallest absolute Gasteiger partial charge is 0.137 e. The highest BCUT2D eigenvalue weighted by molar-refractivity contribution is 6.32. The van der Waals surface area contributed by atoms with Gasteiger partial charge in [0.15, 0.2) is 0 Å². The van der Waals surface area contributed by atoms with Crippen molar-refractivity contribution in [3.05, 3.63) is 28.8 Å². The van der Waals surface area contributed by atoms with Gasteiger partial charge >= 0.3 is 0 Å². The minimum Gasteiger partial charge on any atom is -0.495 e. The Hall–Kier alpha value is -0.770. The normalized spacial score (nSPS) is 13.6. The van der Waals surface area contributed by atoms with Gasteiger partial charge in [0, 0.05) is 11.6 Å². The summed E-state index contributed by atoms with van der Waals surface area (Å²) in [6.07, 6.45) is 0. The van der Waals surface area contributed by atoms with E-state index in [4.69, 9.17) is 22.1 Å². The van der Waals surface area contributed by atoms with Crippen molar-refractivity contribution in [3.63, 3.8) is 0 Å². The fourth-order valence-electron chi connectivity index (χ4n) is 1.83. The van der Waals surface area contributed by atoms with E-state index in [0.29, 0.717) is 10.8 Å². The third-order valence-electron chi connectivity index (χ3n) is 2.54. The molecule has 1 unspecified atom stereocenters. The van der Waals surface area contributed by atoms with Gasteiger partial charge in [0.1, 0.15) is 5.75 Å². The molecule has 3 N–H and O–H groups in total. The lowest BCUT2D eigenvalue weighted by atomic mass is 9.90. The summed E-state index contributed by atoms with van der Waals surface area (Å²) in [7, 11) is 3.49. The van der Waals surface area contributed by atoms with Crippen LogP contribution in [-0.2, 0) is 0 Å². The van der Waals surface area contributed by atoms with Crippen LogP contribution in [0.1, 0.15) is 25.5 Å². The second-order valence-electron chi connectivity index (χ2n) is 4.44. The maximum atomic E-state index is 6.11. The molecule has 0 fully saturated rings. The van der Waals surface area contributed by atoms with E-state index in [1.807, 2.05) is 39.1 Å². The summed E-state index contributed by atoms with van der Waals surface area (Å²) >= 11 is 6.09. The van der Waals surface area contributed by atoms with Gasteiger partial charge in [0.05, 0.1) is 12.1 Å². The van der Waals surface area contributed by atoms with Gasteiger partial charge in [0.25, 0.3) is 0 Å². The van der Waals surface area contributed by atoms with Gasteiger partial charge in [-0.25, -0.2) is 0 Å². The number of halogens is 1.